The zero-order valence-electron chi connectivity index (χ0n) is 10.0. The molecule has 0 unspecified atom stereocenters. The lowest BCUT2D eigenvalue weighted by atomic mass is 9.80. The van der Waals surface area contributed by atoms with Gasteiger partial charge in [0, 0.05) is 32.2 Å². The van der Waals surface area contributed by atoms with E-state index in [-0.39, 0.29) is 11.9 Å². The van der Waals surface area contributed by atoms with Gasteiger partial charge < -0.3 is 15.4 Å². The number of carbonyl (C=O) groups excluding carboxylic acids is 1. The van der Waals surface area contributed by atoms with Gasteiger partial charge in [0.25, 0.3) is 0 Å². The Labute approximate surface area is 97.1 Å². The first-order chi connectivity index (χ1) is 7.69. The maximum atomic E-state index is 11.9. The predicted molar refractivity (Wildman–Crippen MR) is 61.9 cm³/mol. The zero-order valence-corrected chi connectivity index (χ0v) is 10.0. The van der Waals surface area contributed by atoms with Crippen LogP contribution in [0.2, 0.25) is 0 Å². The Morgan fingerprint density at radius 1 is 1.50 bits per heavy atom. The van der Waals surface area contributed by atoms with Gasteiger partial charge in [0.15, 0.2) is 0 Å². The maximum Gasteiger partial charge on any atom is 0.222 e. The molecule has 0 bridgehead atoms. The van der Waals surface area contributed by atoms with E-state index in [1.54, 1.807) is 0 Å². The molecule has 2 N–H and O–H groups in total. The van der Waals surface area contributed by atoms with E-state index in [9.17, 15) is 4.79 Å². The van der Waals surface area contributed by atoms with Crippen LogP contribution in [0.4, 0.5) is 0 Å². The number of likely N-dealkylation sites (tertiary alicyclic amines) is 1. The average Bonchev–Trinajstić information content (AvgIpc) is 2.61. The number of carbonyl (C=O) groups is 1. The summed E-state index contributed by atoms with van der Waals surface area (Å²) in [6.07, 6.45) is 4.16. The summed E-state index contributed by atoms with van der Waals surface area (Å²) in [7, 11) is 0. The quantitative estimate of drug-likeness (QED) is 0.769. The highest BCUT2D eigenvalue weighted by atomic mass is 16.5. The van der Waals surface area contributed by atoms with Gasteiger partial charge in [0.1, 0.15) is 0 Å². The highest BCUT2D eigenvalue weighted by Crippen LogP contribution is 2.33. The highest BCUT2D eigenvalue weighted by Gasteiger charge is 2.33. The number of hydrogen-bond donors (Lipinski definition) is 1. The Morgan fingerprint density at radius 3 is 2.81 bits per heavy atom. The molecule has 1 amide bonds. The molecule has 0 aromatic heterocycles. The van der Waals surface area contributed by atoms with Crippen molar-refractivity contribution in [3.63, 3.8) is 0 Å². The lowest BCUT2D eigenvalue weighted by Crippen LogP contribution is -2.38. The molecule has 1 saturated heterocycles. The first-order valence-electron chi connectivity index (χ1n) is 6.34. The van der Waals surface area contributed by atoms with Crippen LogP contribution in [0.25, 0.3) is 0 Å². The number of amides is 1. The van der Waals surface area contributed by atoms with Crippen molar-refractivity contribution >= 4 is 5.91 Å². The third kappa shape index (κ3) is 2.74. The van der Waals surface area contributed by atoms with Gasteiger partial charge in [-0.1, -0.05) is 0 Å². The Bertz CT molecular complexity index is 251. The van der Waals surface area contributed by atoms with E-state index in [1.807, 2.05) is 11.8 Å². The number of nitrogens with two attached hydrogens (primary N) is 1. The minimum Gasteiger partial charge on any atom is -0.378 e. The Hall–Kier alpha value is -0.610. The molecular formula is C12H22N2O2. The molecule has 16 heavy (non-hydrogen) atoms. The van der Waals surface area contributed by atoms with Crippen LogP contribution in [-0.2, 0) is 9.53 Å². The van der Waals surface area contributed by atoms with Crippen LogP contribution in [-0.4, -0.2) is 42.6 Å². The van der Waals surface area contributed by atoms with E-state index < -0.39 is 0 Å². The first-order valence-corrected chi connectivity index (χ1v) is 6.34. The number of ether oxygens (including phenoxy) is 1. The molecule has 0 radical (unpaired) electrons. The second-order valence-electron chi connectivity index (χ2n) is 5.01. The van der Waals surface area contributed by atoms with Gasteiger partial charge in [-0.3, -0.25) is 4.79 Å². The van der Waals surface area contributed by atoms with Crippen LogP contribution < -0.4 is 5.73 Å². The molecule has 4 nitrogen and oxygen atoms in total. The van der Waals surface area contributed by atoms with Gasteiger partial charge in [0.2, 0.25) is 5.91 Å². The summed E-state index contributed by atoms with van der Waals surface area (Å²) in [5.74, 6) is 0.828. The van der Waals surface area contributed by atoms with Crippen molar-refractivity contribution < 1.29 is 9.53 Å². The molecule has 1 aliphatic carbocycles. The van der Waals surface area contributed by atoms with Crippen molar-refractivity contribution in [2.75, 3.05) is 19.7 Å². The van der Waals surface area contributed by atoms with Crippen LogP contribution in [0.15, 0.2) is 0 Å². The fraction of sp³-hybridized carbons (Fsp3) is 0.917. The Kier molecular flexibility index (Phi) is 3.82. The van der Waals surface area contributed by atoms with E-state index in [1.165, 1.54) is 0 Å². The van der Waals surface area contributed by atoms with Crippen LogP contribution in [0, 0.1) is 5.92 Å². The van der Waals surface area contributed by atoms with E-state index in [0.717, 1.165) is 39.0 Å². The molecular weight excluding hydrogens is 204 g/mol. The smallest absolute Gasteiger partial charge is 0.222 e. The normalized spacial score (nSPS) is 33.9. The monoisotopic (exact) mass is 226 g/mol. The second kappa shape index (κ2) is 5.15. The van der Waals surface area contributed by atoms with Crippen molar-refractivity contribution in [3.05, 3.63) is 0 Å². The molecule has 1 heterocycles. The van der Waals surface area contributed by atoms with Crippen molar-refractivity contribution in [2.45, 2.75) is 44.8 Å². The van der Waals surface area contributed by atoms with E-state index >= 15 is 0 Å². The molecule has 0 aromatic rings. The summed E-state index contributed by atoms with van der Waals surface area (Å²) in [6, 6.07) is 0.196. The molecule has 4 heteroatoms. The molecule has 1 aliphatic heterocycles. The van der Waals surface area contributed by atoms with Gasteiger partial charge in [-0.15, -0.1) is 0 Å². The minimum atomic E-state index is 0.196. The molecule has 2 aliphatic rings. The zero-order chi connectivity index (χ0) is 11.5. The van der Waals surface area contributed by atoms with Gasteiger partial charge in [-0.05, 0) is 32.1 Å². The third-order valence-corrected chi connectivity index (χ3v) is 3.64. The summed E-state index contributed by atoms with van der Waals surface area (Å²) in [5, 5.41) is 0. The van der Waals surface area contributed by atoms with Crippen molar-refractivity contribution in [1.29, 1.82) is 0 Å². The second-order valence-corrected chi connectivity index (χ2v) is 5.01. The van der Waals surface area contributed by atoms with Gasteiger partial charge in [-0.2, -0.15) is 0 Å². The van der Waals surface area contributed by atoms with Crippen molar-refractivity contribution in [3.8, 4) is 0 Å². The number of hydrogen-bond acceptors (Lipinski definition) is 3. The number of nitrogens with zero attached hydrogens (tertiary/aromatic N) is 1. The summed E-state index contributed by atoms with van der Waals surface area (Å²) < 4.78 is 5.49. The number of rotatable bonds is 4. The first kappa shape index (κ1) is 11.9. The standard InChI is InChI=1S/C12H22N2O2/c1-2-16-11-5-9(6-11)7-12(15)14-4-3-10(13)8-14/h9-11H,2-8,13H2,1H3/t9?,10-,11?/m1/s1. The fourth-order valence-corrected chi connectivity index (χ4v) is 2.60. The highest BCUT2D eigenvalue weighted by molar-refractivity contribution is 5.76. The molecule has 1 atom stereocenters. The van der Waals surface area contributed by atoms with Crippen LogP contribution in [0.1, 0.15) is 32.6 Å². The van der Waals surface area contributed by atoms with Gasteiger partial charge in [0.05, 0.1) is 6.10 Å². The molecule has 2 fully saturated rings. The average molecular weight is 226 g/mol. The molecule has 92 valence electrons. The topological polar surface area (TPSA) is 55.6 Å². The van der Waals surface area contributed by atoms with Gasteiger partial charge >= 0.3 is 0 Å². The van der Waals surface area contributed by atoms with Gasteiger partial charge in [-0.25, -0.2) is 0 Å². The lowest BCUT2D eigenvalue weighted by molar-refractivity contribution is -0.133. The SMILES string of the molecule is CCOC1CC(CC(=O)N2CC[C@@H](N)C2)C1. The van der Waals surface area contributed by atoms with E-state index in [4.69, 9.17) is 10.5 Å². The van der Waals surface area contributed by atoms with Crippen LogP contribution in [0.5, 0.6) is 0 Å². The molecule has 0 aromatic carbocycles. The molecule has 2 rings (SSSR count). The third-order valence-electron chi connectivity index (χ3n) is 3.64. The summed E-state index contributed by atoms with van der Waals surface area (Å²) in [5.41, 5.74) is 5.79. The van der Waals surface area contributed by atoms with Crippen molar-refractivity contribution in [2.24, 2.45) is 11.7 Å². The van der Waals surface area contributed by atoms with E-state index in [2.05, 4.69) is 0 Å². The van der Waals surface area contributed by atoms with Crippen LogP contribution >= 0.6 is 0 Å². The summed E-state index contributed by atoms with van der Waals surface area (Å²) in [4.78, 5) is 13.8. The largest absolute Gasteiger partial charge is 0.378 e. The van der Waals surface area contributed by atoms with Crippen LogP contribution in [0.3, 0.4) is 0 Å². The summed E-state index contributed by atoms with van der Waals surface area (Å²) in [6.45, 7) is 4.40. The minimum absolute atomic E-state index is 0.196. The lowest BCUT2D eigenvalue weighted by Gasteiger charge is -2.35. The Balaban J connectivity index is 1.65. The predicted octanol–water partition coefficient (Wildman–Crippen LogP) is 0.751. The fourth-order valence-electron chi connectivity index (χ4n) is 2.60. The molecule has 1 saturated carbocycles. The molecule has 0 spiro atoms. The van der Waals surface area contributed by atoms with E-state index in [0.29, 0.717) is 18.4 Å². The maximum absolute atomic E-state index is 11.9. The Morgan fingerprint density at radius 2 is 2.25 bits per heavy atom. The summed E-state index contributed by atoms with van der Waals surface area (Å²) >= 11 is 0. The van der Waals surface area contributed by atoms with Crippen molar-refractivity contribution in [1.82, 2.24) is 4.90 Å².